The van der Waals surface area contributed by atoms with Crippen molar-refractivity contribution in [1.82, 2.24) is 9.80 Å². The van der Waals surface area contributed by atoms with E-state index in [-0.39, 0.29) is 12.5 Å². The van der Waals surface area contributed by atoms with Gasteiger partial charge in [-0.1, -0.05) is 54.6 Å². The molecule has 2 aliphatic heterocycles. The molecule has 200 valence electrons. The van der Waals surface area contributed by atoms with Crippen molar-refractivity contribution in [2.75, 3.05) is 52.5 Å². The smallest absolute Gasteiger partial charge is 0.246 e. The molecule has 3 aromatic rings. The van der Waals surface area contributed by atoms with Crippen molar-refractivity contribution in [3.05, 3.63) is 83.9 Å². The van der Waals surface area contributed by atoms with Gasteiger partial charge in [0.25, 0.3) is 0 Å². The molecule has 7 nitrogen and oxygen atoms in total. The summed E-state index contributed by atoms with van der Waals surface area (Å²) in [6.45, 7) is 4.35. The van der Waals surface area contributed by atoms with Crippen LogP contribution in [-0.2, 0) is 15.1 Å². The quantitative estimate of drug-likeness (QED) is 0.447. The van der Waals surface area contributed by atoms with Gasteiger partial charge in [0.2, 0.25) is 5.91 Å². The predicted molar refractivity (Wildman–Crippen MR) is 148 cm³/mol. The third kappa shape index (κ3) is 6.42. The second kappa shape index (κ2) is 12.1. The number of β-amino-alcohol motifs (C(OH)–C–C–N with tert-alkyl or cyclic N) is 1. The zero-order chi connectivity index (χ0) is 26.4. The maximum absolute atomic E-state index is 12.4. The van der Waals surface area contributed by atoms with Crippen LogP contribution in [0.5, 0.6) is 5.75 Å². The van der Waals surface area contributed by atoms with Gasteiger partial charge in [0.15, 0.2) is 0 Å². The number of hydrogen-bond acceptors (Lipinski definition) is 6. The number of benzene rings is 3. The Balaban J connectivity index is 1.11. The first kappa shape index (κ1) is 26.4. The van der Waals surface area contributed by atoms with Crippen LogP contribution in [-0.4, -0.2) is 84.6 Å². The average molecular weight is 517 g/mol. The molecule has 2 heterocycles. The molecule has 0 saturated carbocycles. The Hall–Kier alpha value is -3.23. The van der Waals surface area contributed by atoms with Gasteiger partial charge in [-0.3, -0.25) is 4.79 Å². The number of likely N-dealkylation sites (tertiary alicyclic amines) is 1. The molecule has 2 aliphatic rings. The van der Waals surface area contributed by atoms with E-state index in [2.05, 4.69) is 29.2 Å². The number of aliphatic hydroxyl groups is 2. The van der Waals surface area contributed by atoms with E-state index in [4.69, 9.17) is 9.47 Å². The Morgan fingerprint density at radius 3 is 2.47 bits per heavy atom. The second-order valence-corrected chi connectivity index (χ2v) is 10.2. The Morgan fingerprint density at radius 1 is 0.974 bits per heavy atom. The lowest BCUT2D eigenvalue weighted by atomic mass is 9.83. The first-order valence-electron chi connectivity index (χ1n) is 13.4. The number of morpholine rings is 1. The van der Waals surface area contributed by atoms with Crippen LogP contribution in [0.3, 0.4) is 0 Å². The molecule has 0 spiro atoms. The van der Waals surface area contributed by atoms with Crippen LogP contribution in [0.2, 0.25) is 0 Å². The predicted octanol–water partition coefficient (Wildman–Crippen LogP) is 3.44. The Labute approximate surface area is 223 Å². The molecular weight excluding hydrogens is 480 g/mol. The molecule has 1 atom stereocenters. The summed E-state index contributed by atoms with van der Waals surface area (Å²) >= 11 is 0. The van der Waals surface area contributed by atoms with Crippen molar-refractivity contribution in [2.24, 2.45) is 0 Å². The van der Waals surface area contributed by atoms with Crippen molar-refractivity contribution < 1.29 is 24.5 Å². The molecular formula is C31H36N2O5. The van der Waals surface area contributed by atoms with E-state index in [1.807, 2.05) is 42.5 Å². The van der Waals surface area contributed by atoms with Crippen LogP contribution in [0.4, 0.5) is 0 Å². The molecule has 1 amide bonds. The highest BCUT2D eigenvalue weighted by atomic mass is 16.5. The molecule has 0 aromatic heterocycles. The van der Waals surface area contributed by atoms with Gasteiger partial charge in [0.05, 0.1) is 18.8 Å². The van der Waals surface area contributed by atoms with Crippen molar-refractivity contribution in [2.45, 2.75) is 24.5 Å². The van der Waals surface area contributed by atoms with Gasteiger partial charge in [-0.2, -0.15) is 0 Å². The van der Waals surface area contributed by atoms with Crippen LogP contribution >= 0.6 is 0 Å². The van der Waals surface area contributed by atoms with Gasteiger partial charge in [-0.15, -0.1) is 0 Å². The minimum atomic E-state index is -0.855. The first-order valence-corrected chi connectivity index (χ1v) is 13.4. The third-order valence-electron chi connectivity index (χ3n) is 7.52. The number of ether oxygens (including phenoxy) is 2. The summed E-state index contributed by atoms with van der Waals surface area (Å²) in [6, 6.07) is 21.9. The number of nitrogens with zero attached hydrogens (tertiary/aromatic N) is 2. The number of carbonyl (C=O) groups excluding carboxylic acids is 1. The van der Waals surface area contributed by atoms with E-state index in [1.54, 1.807) is 17.1 Å². The fourth-order valence-electron chi connectivity index (χ4n) is 5.21. The molecule has 0 radical (unpaired) electrons. The molecule has 2 fully saturated rings. The highest BCUT2D eigenvalue weighted by Gasteiger charge is 2.34. The van der Waals surface area contributed by atoms with Crippen molar-refractivity contribution >= 4 is 22.8 Å². The highest BCUT2D eigenvalue weighted by molar-refractivity contribution is 5.92. The minimum absolute atomic E-state index is 0.0446. The van der Waals surface area contributed by atoms with E-state index in [1.165, 1.54) is 5.39 Å². The van der Waals surface area contributed by atoms with Crippen molar-refractivity contribution in [3.8, 4) is 5.75 Å². The topological polar surface area (TPSA) is 82.5 Å². The van der Waals surface area contributed by atoms with Gasteiger partial charge in [0, 0.05) is 44.4 Å². The molecule has 1 unspecified atom stereocenters. The third-order valence-corrected chi connectivity index (χ3v) is 7.52. The largest absolute Gasteiger partial charge is 0.490 e. The standard InChI is InChI=1S/C31H36N2O5/c34-28(23-38-29-8-4-3-6-25(29)10-12-30(35)33-17-19-37-20-18-33)22-32-15-13-31(36,14-16-32)27-11-9-24-5-1-2-7-26(24)21-27/h1-12,21,28,34,36H,13-20,22-23H2. The molecule has 0 aliphatic carbocycles. The summed E-state index contributed by atoms with van der Waals surface area (Å²) in [5.74, 6) is 0.582. The summed E-state index contributed by atoms with van der Waals surface area (Å²) in [5, 5.41) is 24.3. The summed E-state index contributed by atoms with van der Waals surface area (Å²) in [7, 11) is 0. The van der Waals surface area contributed by atoms with Gasteiger partial charge >= 0.3 is 0 Å². The monoisotopic (exact) mass is 516 g/mol. The van der Waals surface area contributed by atoms with Gasteiger partial charge < -0.3 is 29.5 Å². The van der Waals surface area contributed by atoms with Crippen LogP contribution in [0.15, 0.2) is 72.8 Å². The van der Waals surface area contributed by atoms with Gasteiger partial charge in [0.1, 0.15) is 18.5 Å². The molecule has 0 bridgehead atoms. The van der Waals surface area contributed by atoms with Crippen molar-refractivity contribution in [3.63, 3.8) is 0 Å². The minimum Gasteiger partial charge on any atom is -0.490 e. The number of rotatable bonds is 8. The first-order chi connectivity index (χ1) is 18.5. The number of carbonyl (C=O) groups is 1. The van der Waals surface area contributed by atoms with E-state index in [0.717, 1.165) is 16.5 Å². The number of para-hydroxylation sites is 1. The lowest BCUT2D eigenvalue weighted by Gasteiger charge is -2.39. The summed E-state index contributed by atoms with van der Waals surface area (Å²) in [5.41, 5.74) is 0.891. The van der Waals surface area contributed by atoms with Crippen LogP contribution in [0.25, 0.3) is 16.8 Å². The maximum atomic E-state index is 12.4. The van der Waals surface area contributed by atoms with E-state index in [9.17, 15) is 15.0 Å². The lowest BCUT2D eigenvalue weighted by molar-refractivity contribution is -0.129. The van der Waals surface area contributed by atoms with Crippen LogP contribution < -0.4 is 4.74 Å². The fraction of sp³-hybridized carbons (Fsp3) is 0.387. The summed E-state index contributed by atoms with van der Waals surface area (Å²) < 4.78 is 11.3. The molecule has 3 aromatic carbocycles. The zero-order valence-electron chi connectivity index (χ0n) is 21.7. The number of piperidine rings is 1. The molecule has 2 N–H and O–H groups in total. The summed E-state index contributed by atoms with van der Waals surface area (Å²) in [6.07, 6.45) is 3.88. The molecule has 7 heteroatoms. The van der Waals surface area contributed by atoms with Crippen LogP contribution in [0, 0.1) is 0 Å². The molecule has 2 saturated heterocycles. The van der Waals surface area contributed by atoms with E-state index < -0.39 is 11.7 Å². The van der Waals surface area contributed by atoms with Crippen LogP contribution in [0.1, 0.15) is 24.0 Å². The lowest BCUT2D eigenvalue weighted by Crippen LogP contribution is -2.46. The van der Waals surface area contributed by atoms with Crippen molar-refractivity contribution in [1.29, 1.82) is 0 Å². The number of amides is 1. The van der Waals surface area contributed by atoms with Gasteiger partial charge in [-0.25, -0.2) is 0 Å². The number of fused-ring (bicyclic) bond motifs is 1. The van der Waals surface area contributed by atoms with Gasteiger partial charge in [-0.05, 0) is 47.4 Å². The number of hydrogen-bond donors (Lipinski definition) is 2. The SMILES string of the molecule is O=C(C=Cc1ccccc1OCC(O)CN1CCC(O)(c2ccc3ccccc3c2)CC1)N1CCOCC1. The molecule has 5 rings (SSSR count). The second-order valence-electron chi connectivity index (χ2n) is 10.2. The Morgan fingerprint density at radius 2 is 1.68 bits per heavy atom. The summed E-state index contributed by atoms with van der Waals surface area (Å²) in [4.78, 5) is 16.4. The van der Waals surface area contributed by atoms with E-state index >= 15 is 0 Å². The highest BCUT2D eigenvalue weighted by Crippen LogP contribution is 2.34. The fourth-order valence-corrected chi connectivity index (χ4v) is 5.21. The Bertz CT molecular complexity index is 1260. The maximum Gasteiger partial charge on any atom is 0.246 e. The number of aliphatic hydroxyl groups excluding tert-OH is 1. The normalized spacial score (nSPS) is 19.1. The molecule has 38 heavy (non-hydrogen) atoms. The van der Waals surface area contributed by atoms with E-state index in [0.29, 0.717) is 64.5 Å². The average Bonchev–Trinajstić information content (AvgIpc) is 2.96. The zero-order valence-corrected chi connectivity index (χ0v) is 21.7. The Kier molecular flexibility index (Phi) is 8.39.